The number of nitrogens with one attached hydrogen (secondary N) is 1. The van der Waals surface area contributed by atoms with Crippen LogP contribution in [0.2, 0.25) is 0 Å². The quantitative estimate of drug-likeness (QED) is 0.818. The fourth-order valence-corrected chi connectivity index (χ4v) is 2.97. The Balaban J connectivity index is 1.80. The summed E-state index contributed by atoms with van der Waals surface area (Å²) in [6.07, 6.45) is 3.39. The van der Waals surface area contributed by atoms with Gasteiger partial charge in [-0.15, -0.1) is 0 Å². The van der Waals surface area contributed by atoms with Gasteiger partial charge in [0.15, 0.2) is 6.10 Å². The van der Waals surface area contributed by atoms with Crippen molar-refractivity contribution in [2.75, 3.05) is 19.6 Å². The maximum atomic E-state index is 12.4. The second-order valence-corrected chi connectivity index (χ2v) is 6.85. The number of ether oxygens (including phenoxy) is 1. The zero-order chi connectivity index (χ0) is 19.1. The Morgan fingerprint density at radius 2 is 1.73 bits per heavy atom. The van der Waals surface area contributed by atoms with E-state index in [0.717, 1.165) is 36.8 Å². The average Bonchev–Trinajstić information content (AvgIpc) is 2.90. The molecular weight excluding hydrogens is 332 g/mol. The Hall–Kier alpha value is -2.37. The number of carbonyl (C=O) groups excluding carboxylic acids is 3. The van der Waals surface area contributed by atoms with Crippen LogP contribution >= 0.6 is 0 Å². The summed E-state index contributed by atoms with van der Waals surface area (Å²) in [5.41, 5.74) is 2.60. The van der Waals surface area contributed by atoms with Crippen molar-refractivity contribution >= 4 is 17.8 Å². The standard InChI is InChI=1S/C20H28N2O4/c1-14-8-9-17(12-15(14)2)19(24)21-13-18(23)26-16(3)20(25)22-10-6-4-5-7-11-22/h8-9,12,16H,4-7,10-11,13H2,1-3H3,(H,21,24)/t16-/m0/s1. The van der Waals surface area contributed by atoms with Crippen molar-refractivity contribution in [2.24, 2.45) is 0 Å². The first-order chi connectivity index (χ1) is 12.4. The minimum atomic E-state index is -0.834. The van der Waals surface area contributed by atoms with Crippen molar-refractivity contribution in [1.82, 2.24) is 10.2 Å². The fraction of sp³-hybridized carbons (Fsp3) is 0.550. The third-order valence-corrected chi connectivity index (χ3v) is 4.74. The molecule has 1 heterocycles. The normalized spacial score (nSPS) is 15.7. The second-order valence-electron chi connectivity index (χ2n) is 6.85. The highest BCUT2D eigenvalue weighted by atomic mass is 16.5. The lowest BCUT2D eigenvalue weighted by Crippen LogP contribution is -2.42. The predicted molar refractivity (Wildman–Crippen MR) is 98.9 cm³/mol. The minimum absolute atomic E-state index is 0.166. The molecule has 6 heteroatoms. The van der Waals surface area contributed by atoms with Gasteiger partial charge in [-0.25, -0.2) is 0 Å². The maximum Gasteiger partial charge on any atom is 0.326 e. The molecule has 0 bridgehead atoms. The average molecular weight is 360 g/mol. The van der Waals surface area contributed by atoms with E-state index in [1.54, 1.807) is 24.0 Å². The number of rotatable bonds is 5. The summed E-state index contributed by atoms with van der Waals surface area (Å²) in [5.74, 6) is -1.12. The Labute approximate surface area is 154 Å². The van der Waals surface area contributed by atoms with Gasteiger partial charge >= 0.3 is 5.97 Å². The van der Waals surface area contributed by atoms with E-state index in [1.165, 1.54) is 0 Å². The number of nitrogens with zero attached hydrogens (tertiary/aromatic N) is 1. The molecule has 1 aliphatic heterocycles. The third kappa shape index (κ3) is 5.58. The van der Waals surface area contributed by atoms with Gasteiger partial charge < -0.3 is 15.0 Å². The van der Waals surface area contributed by atoms with Crippen LogP contribution in [-0.4, -0.2) is 48.4 Å². The monoisotopic (exact) mass is 360 g/mol. The molecule has 26 heavy (non-hydrogen) atoms. The number of hydrogen-bond donors (Lipinski definition) is 1. The highest BCUT2D eigenvalue weighted by molar-refractivity contribution is 5.96. The second kappa shape index (κ2) is 9.36. The Morgan fingerprint density at radius 3 is 2.35 bits per heavy atom. The van der Waals surface area contributed by atoms with Gasteiger partial charge in [0.05, 0.1) is 0 Å². The van der Waals surface area contributed by atoms with E-state index in [-0.39, 0.29) is 18.4 Å². The van der Waals surface area contributed by atoms with Crippen LogP contribution in [0.4, 0.5) is 0 Å². The summed E-state index contributed by atoms with van der Waals surface area (Å²) in [6.45, 7) is 6.64. The molecule has 0 unspecified atom stereocenters. The van der Waals surface area contributed by atoms with Crippen LogP contribution in [0.1, 0.15) is 54.1 Å². The molecule has 0 aromatic heterocycles. The number of esters is 1. The van der Waals surface area contributed by atoms with Gasteiger partial charge in [0.25, 0.3) is 11.8 Å². The maximum absolute atomic E-state index is 12.4. The van der Waals surface area contributed by atoms with E-state index >= 15 is 0 Å². The van der Waals surface area contributed by atoms with Crippen molar-refractivity contribution in [2.45, 2.75) is 52.6 Å². The molecular formula is C20H28N2O4. The predicted octanol–water partition coefficient (Wildman–Crippen LogP) is 2.37. The first kappa shape index (κ1) is 19.9. The van der Waals surface area contributed by atoms with Crippen molar-refractivity contribution in [3.05, 3.63) is 34.9 Å². The van der Waals surface area contributed by atoms with Crippen LogP contribution in [0.5, 0.6) is 0 Å². The van der Waals surface area contributed by atoms with Gasteiger partial charge in [0.2, 0.25) is 0 Å². The van der Waals surface area contributed by atoms with E-state index in [9.17, 15) is 14.4 Å². The molecule has 2 amide bonds. The number of amides is 2. The molecule has 1 N–H and O–H groups in total. The van der Waals surface area contributed by atoms with Crippen molar-refractivity contribution < 1.29 is 19.1 Å². The topological polar surface area (TPSA) is 75.7 Å². The molecule has 1 aromatic carbocycles. The van der Waals surface area contributed by atoms with Crippen LogP contribution in [0.3, 0.4) is 0 Å². The first-order valence-corrected chi connectivity index (χ1v) is 9.22. The Morgan fingerprint density at radius 1 is 1.08 bits per heavy atom. The lowest BCUT2D eigenvalue weighted by molar-refractivity contribution is -0.158. The Bertz CT molecular complexity index is 664. The summed E-state index contributed by atoms with van der Waals surface area (Å²) < 4.78 is 5.19. The molecule has 6 nitrogen and oxygen atoms in total. The zero-order valence-electron chi connectivity index (χ0n) is 15.8. The van der Waals surface area contributed by atoms with Crippen molar-refractivity contribution in [3.8, 4) is 0 Å². The lowest BCUT2D eigenvalue weighted by Gasteiger charge is -2.24. The van der Waals surface area contributed by atoms with Crippen LogP contribution in [-0.2, 0) is 14.3 Å². The zero-order valence-corrected chi connectivity index (χ0v) is 15.8. The van der Waals surface area contributed by atoms with Gasteiger partial charge in [0, 0.05) is 18.7 Å². The smallest absolute Gasteiger partial charge is 0.326 e. The van der Waals surface area contributed by atoms with Gasteiger partial charge in [-0.05, 0) is 56.9 Å². The van der Waals surface area contributed by atoms with Crippen LogP contribution < -0.4 is 5.32 Å². The van der Waals surface area contributed by atoms with Crippen molar-refractivity contribution in [1.29, 1.82) is 0 Å². The summed E-state index contributed by atoms with van der Waals surface area (Å²) in [4.78, 5) is 38.2. The molecule has 1 saturated heterocycles. The molecule has 2 rings (SSSR count). The summed E-state index contributed by atoms with van der Waals surface area (Å²) in [6, 6.07) is 5.36. The molecule has 0 aliphatic carbocycles. The van der Waals surface area contributed by atoms with E-state index in [4.69, 9.17) is 4.74 Å². The van der Waals surface area contributed by atoms with Gasteiger partial charge in [-0.1, -0.05) is 18.9 Å². The van der Waals surface area contributed by atoms with E-state index < -0.39 is 12.1 Å². The fourth-order valence-electron chi connectivity index (χ4n) is 2.97. The molecule has 1 aliphatic rings. The number of benzene rings is 1. The summed E-state index contributed by atoms with van der Waals surface area (Å²) in [5, 5.41) is 2.54. The van der Waals surface area contributed by atoms with Gasteiger partial charge in [-0.2, -0.15) is 0 Å². The molecule has 142 valence electrons. The third-order valence-electron chi connectivity index (χ3n) is 4.74. The highest BCUT2D eigenvalue weighted by Crippen LogP contribution is 2.12. The van der Waals surface area contributed by atoms with Crippen LogP contribution in [0.15, 0.2) is 18.2 Å². The SMILES string of the molecule is Cc1ccc(C(=O)NCC(=O)O[C@@H](C)C(=O)N2CCCCCC2)cc1C. The van der Waals surface area contributed by atoms with E-state index in [1.807, 2.05) is 19.9 Å². The number of likely N-dealkylation sites (tertiary alicyclic amines) is 1. The molecule has 0 spiro atoms. The molecule has 0 radical (unpaired) electrons. The van der Waals surface area contributed by atoms with Crippen LogP contribution in [0, 0.1) is 13.8 Å². The Kier molecular flexibility index (Phi) is 7.18. The molecule has 1 atom stereocenters. The number of aryl methyl sites for hydroxylation is 2. The largest absolute Gasteiger partial charge is 0.451 e. The lowest BCUT2D eigenvalue weighted by atomic mass is 10.1. The van der Waals surface area contributed by atoms with E-state index in [2.05, 4.69) is 5.32 Å². The highest BCUT2D eigenvalue weighted by Gasteiger charge is 2.24. The van der Waals surface area contributed by atoms with E-state index in [0.29, 0.717) is 18.7 Å². The van der Waals surface area contributed by atoms with Crippen molar-refractivity contribution in [3.63, 3.8) is 0 Å². The summed E-state index contributed by atoms with van der Waals surface area (Å²) >= 11 is 0. The number of carbonyl (C=O) groups is 3. The molecule has 0 saturated carbocycles. The summed E-state index contributed by atoms with van der Waals surface area (Å²) in [7, 11) is 0. The molecule has 1 aromatic rings. The minimum Gasteiger partial charge on any atom is -0.451 e. The van der Waals surface area contributed by atoms with Gasteiger partial charge in [0.1, 0.15) is 6.54 Å². The number of hydrogen-bond acceptors (Lipinski definition) is 4. The first-order valence-electron chi connectivity index (χ1n) is 9.22. The van der Waals surface area contributed by atoms with Crippen LogP contribution in [0.25, 0.3) is 0 Å². The van der Waals surface area contributed by atoms with Gasteiger partial charge in [-0.3, -0.25) is 14.4 Å². The molecule has 1 fully saturated rings.